The normalized spacial score (nSPS) is 21.9. The third-order valence-electron chi connectivity index (χ3n) is 5.74. The van der Waals surface area contributed by atoms with Crippen LogP contribution < -0.4 is 10.9 Å². The number of carbonyl (C=O) groups is 3. The number of nitrogens with one attached hydrogen (secondary N) is 1. The van der Waals surface area contributed by atoms with Crippen molar-refractivity contribution in [2.24, 2.45) is 17.8 Å². The third kappa shape index (κ3) is 3.67. The summed E-state index contributed by atoms with van der Waals surface area (Å²) in [5, 5.41) is 3.50. The summed E-state index contributed by atoms with van der Waals surface area (Å²) in [5.74, 6) is -1.52. The summed E-state index contributed by atoms with van der Waals surface area (Å²) in [6.45, 7) is 3.91. The number of benzene rings is 1. The van der Waals surface area contributed by atoms with Gasteiger partial charge in [0, 0.05) is 17.1 Å². The van der Waals surface area contributed by atoms with Crippen LogP contribution in [0.2, 0.25) is 0 Å². The van der Waals surface area contributed by atoms with E-state index in [1.54, 1.807) is 24.3 Å². The Morgan fingerprint density at radius 3 is 2.37 bits per heavy atom. The van der Waals surface area contributed by atoms with Gasteiger partial charge in [0.1, 0.15) is 11.6 Å². The largest absolute Gasteiger partial charge is 0.423 e. The van der Waals surface area contributed by atoms with E-state index in [-0.39, 0.29) is 29.6 Å². The second-order valence-electron chi connectivity index (χ2n) is 8.34. The monoisotopic (exact) mass is 408 g/mol. The van der Waals surface area contributed by atoms with E-state index in [1.165, 1.54) is 11.0 Å². The van der Waals surface area contributed by atoms with Gasteiger partial charge < -0.3 is 9.73 Å². The number of amides is 3. The highest BCUT2D eigenvalue weighted by Gasteiger charge is 2.51. The van der Waals surface area contributed by atoms with Gasteiger partial charge in [0.05, 0.1) is 11.8 Å². The summed E-state index contributed by atoms with van der Waals surface area (Å²) in [6, 6.07) is 7.00. The second-order valence-corrected chi connectivity index (χ2v) is 8.34. The number of hydrogen-bond donors (Lipinski definition) is 1. The molecule has 0 spiro atoms. The van der Waals surface area contributed by atoms with Gasteiger partial charge in [0.15, 0.2) is 0 Å². The van der Waals surface area contributed by atoms with Crippen LogP contribution >= 0.6 is 0 Å². The summed E-state index contributed by atoms with van der Waals surface area (Å²) in [4.78, 5) is 51.7. The summed E-state index contributed by atoms with van der Waals surface area (Å²) >= 11 is 0. The molecule has 7 heteroatoms. The van der Waals surface area contributed by atoms with Crippen LogP contribution in [0.5, 0.6) is 0 Å². The first-order valence-corrected chi connectivity index (χ1v) is 10.2. The number of hydrogen-bond acceptors (Lipinski definition) is 5. The lowest BCUT2D eigenvalue weighted by Gasteiger charge is -2.27. The summed E-state index contributed by atoms with van der Waals surface area (Å²) in [5.41, 5.74) is 0.479. The van der Waals surface area contributed by atoms with Crippen molar-refractivity contribution in [3.05, 3.63) is 52.9 Å². The molecule has 2 aliphatic rings. The maximum absolute atomic E-state index is 13.2. The first-order valence-electron chi connectivity index (χ1n) is 10.2. The third-order valence-corrected chi connectivity index (χ3v) is 5.74. The van der Waals surface area contributed by atoms with E-state index in [2.05, 4.69) is 5.32 Å². The van der Waals surface area contributed by atoms with E-state index in [4.69, 9.17) is 4.42 Å². The predicted octanol–water partition coefficient (Wildman–Crippen LogP) is 3.10. The quantitative estimate of drug-likeness (QED) is 0.466. The minimum absolute atomic E-state index is 0.119. The van der Waals surface area contributed by atoms with Crippen molar-refractivity contribution in [3.8, 4) is 0 Å². The first kappa shape index (κ1) is 20.1. The number of carbonyl (C=O) groups excluding carboxylic acids is 3. The van der Waals surface area contributed by atoms with Gasteiger partial charge in [0.25, 0.3) is 0 Å². The number of anilines is 1. The highest BCUT2D eigenvalue weighted by Crippen LogP contribution is 2.37. The highest BCUT2D eigenvalue weighted by atomic mass is 16.4. The molecular weight excluding hydrogens is 384 g/mol. The van der Waals surface area contributed by atoms with Crippen molar-refractivity contribution in [3.63, 3.8) is 0 Å². The molecule has 30 heavy (non-hydrogen) atoms. The molecule has 7 nitrogen and oxygen atoms in total. The van der Waals surface area contributed by atoms with Crippen molar-refractivity contribution < 1.29 is 18.8 Å². The molecule has 4 rings (SSSR count). The lowest BCUT2D eigenvalue weighted by Crippen LogP contribution is -2.48. The minimum atomic E-state index is -0.861. The lowest BCUT2D eigenvalue weighted by atomic mass is 9.85. The van der Waals surface area contributed by atoms with Crippen LogP contribution in [-0.2, 0) is 14.4 Å². The van der Waals surface area contributed by atoms with Crippen molar-refractivity contribution in [1.29, 1.82) is 0 Å². The Kier molecular flexibility index (Phi) is 5.28. The molecular formula is C23H24N2O5. The van der Waals surface area contributed by atoms with Gasteiger partial charge in [-0.25, -0.2) is 4.79 Å². The van der Waals surface area contributed by atoms with Crippen LogP contribution in [0.3, 0.4) is 0 Å². The second kappa shape index (κ2) is 7.89. The smallest absolute Gasteiger partial charge is 0.336 e. The Morgan fingerprint density at radius 2 is 1.73 bits per heavy atom. The van der Waals surface area contributed by atoms with Crippen molar-refractivity contribution >= 4 is 34.4 Å². The standard InChI is InChI=1S/C23H24N2O5/c1-13(2)11-18(25-22(28)16-5-3-4-6-17(16)23(25)29)21(27)24-15-8-9-19-14(12-15)7-10-20(26)30-19/h3-4,7-10,12-13,16-18H,5-6,11H2,1-2H3,(H,24,27). The Morgan fingerprint density at radius 1 is 1.07 bits per heavy atom. The summed E-state index contributed by atoms with van der Waals surface area (Å²) < 4.78 is 5.11. The van der Waals surface area contributed by atoms with Gasteiger partial charge in [-0.3, -0.25) is 19.3 Å². The van der Waals surface area contributed by atoms with Crippen LogP contribution in [0.1, 0.15) is 33.1 Å². The van der Waals surface area contributed by atoms with Crippen LogP contribution in [0.25, 0.3) is 11.0 Å². The molecule has 1 saturated heterocycles. The Bertz CT molecular complexity index is 1070. The van der Waals surface area contributed by atoms with Crippen LogP contribution in [-0.4, -0.2) is 28.7 Å². The molecule has 1 aromatic heterocycles. The minimum Gasteiger partial charge on any atom is -0.423 e. The molecule has 3 atom stereocenters. The van der Waals surface area contributed by atoms with E-state index in [1.807, 2.05) is 26.0 Å². The molecule has 3 amide bonds. The molecule has 2 heterocycles. The topological polar surface area (TPSA) is 96.7 Å². The molecule has 1 N–H and O–H groups in total. The van der Waals surface area contributed by atoms with E-state index in [0.29, 0.717) is 35.9 Å². The molecule has 1 aliphatic heterocycles. The zero-order chi connectivity index (χ0) is 21.4. The molecule has 3 unspecified atom stereocenters. The maximum atomic E-state index is 13.2. The van der Waals surface area contributed by atoms with E-state index >= 15 is 0 Å². The summed E-state index contributed by atoms with van der Waals surface area (Å²) in [7, 11) is 0. The van der Waals surface area contributed by atoms with Crippen molar-refractivity contribution in [1.82, 2.24) is 4.90 Å². The number of fused-ring (bicyclic) bond motifs is 2. The van der Waals surface area contributed by atoms with Crippen LogP contribution in [0.4, 0.5) is 5.69 Å². The first-order chi connectivity index (χ1) is 14.3. The number of rotatable bonds is 5. The Labute approximate surface area is 173 Å². The lowest BCUT2D eigenvalue weighted by molar-refractivity contribution is -0.147. The predicted molar refractivity (Wildman–Crippen MR) is 112 cm³/mol. The molecule has 0 radical (unpaired) electrons. The number of allylic oxidation sites excluding steroid dienone is 2. The zero-order valence-electron chi connectivity index (χ0n) is 17.0. The van der Waals surface area contributed by atoms with Crippen molar-refractivity contribution in [2.45, 2.75) is 39.2 Å². The van der Waals surface area contributed by atoms with E-state index in [9.17, 15) is 19.2 Å². The highest BCUT2D eigenvalue weighted by molar-refractivity contribution is 6.10. The van der Waals surface area contributed by atoms with Crippen LogP contribution in [0, 0.1) is 17.8 Å². The molecule has 1 aliphatic carbocycles. The average Bonchev–Trinajstić information content (AvgIpc) is 2.97. The number of imide groups is 1. The van der Waals surface area contributed by atoms with Gasteiger partial charge in [-0.05, 0) is 49.4 Å². The van der Waals surface area contributed by atoms with Crippen molar-refractivity contribution in [2.75, 3.05) is 5.32 Å². The number of likely N-dealkylation sites (tertiary alicyclic amines) is 1. The fraction of sp³-hybridized carbons (Fsp3) is 0.391. The van der Waals surface area contributed by atoms with Crippen LogP contribution in [0.15, 0.2) is 51.7 Å². The van der Waals surface area contributed by atoms with E-state index in [0.717, 1.165) is 0 Å². The SMILES string of the molecule is CC(C)CC(C(=O)Nc1ccc2oc(=O)ccc2c1)N1C(=O)C2CC=CCC2C1=O. The summed E-state index contributed by atoms with van der Waals surface area (Å²) in [6.07, 6.45) is 5.33. The van der Waals surface area contributed by atoms with Gasteiger partial charge in [0.2, 0.25) is 17.7 Å². The molecule has 0 bridgehead atoms. The fourth-order valence-corrected chi connectivity index (χ4v) is 4.28. The maximum Gasteiger partial charge on any atom is 0.336 e. The van der Waals surface area contributed by atoms with Gasteiger partial charge in [-0.15, -0.1) is 0 Å². The Hall–Kier alpha value is -3.22. The molecule has 2 aromatic rings. The van der Waals surface area contributed by atoms with E-state index < -0.39 is 17.6 Å². The average molecular weight is 408 g/mol. The van der Waals surface area contributed by atoms with Gasteiger partial charge in [-0.2, -0.15) is 0 Å². The molecule has 1 fully saturated rings. The fourth-order valence-electron chi connectivity index (χ4n) is 4.28. The Balaban J connectivity index is 1.60. The molecule has 156 valence electrons. The molecule has 0 saturated carbocycles. The molecule has 1 aromatic carbocycles. The zero-order valence-corrected chi connectivity index (χ0v) is 17.0. The number of nitrogens with zero attached hydrogens (tertiary/aromatic N) is 1. The van der Waals surface area contributed by atoms with Gasteiger partial charge in [-0.1, -0.05) is 26.0 Å². The van der Waals surface area contributed by atoms with Gasteiger partial charge >= 0.3 is 5.63 Å².